The maximum Gasteiger partial charge on any atom is 0.0409 e. The van der Waals surface area contributed by atoms with Crippen molar-refractivity contribution in [2.75, 3.05) is 6.54 Å². The summed E-state index contributed by atoms with van der Waals surface area (Å²) in [6.07, 6.45) is 1.05. The quantitative estimate of drug-likeness (QED) is 0.746. The first-order chi connectivity index (χ1) is 7.13. The summed E-state index contributed by atoms with van der Waals surface area (Å²) in [4.78, 5) is 0. The lowest BCUT2D eigenvalue weighted by Gasteiger charge is -2.17. The maximum atomic E-state index is 5.96. The Hall–Kier alpha value is -0.790. The van der Waals surface area contributed by atoms with Crippen LogP contribution in [0.3, 0.4) is 0 Å². The lowest BCUT2D eigenvalue weighted by molar-refractivity contribution is 0.544. The summed E-state index contributed by atoms with van der Waals surface area (Å²) in [5, 5.41) is 4.25. The lowest BCUT2D eigenvalue weighted by Crippen LogP contribution is -2.22. The highest BCUT2D eigenvalue weighted by Gasteiger charge is 2.08. The average molecular weight is 224 g/mol. The third kappa shape index (κ3) is 4.06. The van der Waals surface area contributed by atoms with Crippen LogP contribution in [0.5, 0.6) is 0 Å². The molecular formula is C13H18ClN. The molecule has 0 saturated heterocycles. The first-order valence-electron chi connectivity index (χ1n) is 5.26. The Labute approximate surface area is 97.1 Å². The van der Waals surface area contributed by atoms with Crippen LogP contribution in [0.25, 0.3) is 0 Å². The van der Waals surface area contributed by atoms with Crippen molar-refractivity contribution >= 4 is 11.6 Å². The summed E-state index contributed by atoms with van der Waals surface area (Å²) in [6, 6.07) is 8.37. The Balaban J connectivity index is 2.69. The Morgan fingerprint density at radius 3 is 2.80 bits per heavy atom. The fourth-order valence-electron chi connectivity index (χ4n) is 1.52. The van der Waals surface area contributed by atoms with Crippen molar-refractivity contribution < 1.29 is 0 Å². The molecule has 2 heteroatoms. The van der Waals surface area contributed by atoms with Crippen LogP contribution in [0.2, 0.25) is 5.02 Å². The van der Waals surface area contributed by atoms with Gasteiger partial charge in [-0.05, 0) is 31.0 Å². The van der Waals surface area contributed by atoms with E-state index in [0.717, 1.165) is 23.6 Å². The molecule has 1 rings (SSSR count). The van der Waals surface area contributed by atoms with Crippen molar-refractivity contribution in [3.05, 3.63) is 47.0 Å². The predicted octanol–water partition coefficient (Wildman–Crippen LogP) is 3.96. The number of rotatable bonds is 5. The number of hydrogen-bond donors (Lipinski definition) is 1. The zero-order chi connectivity index (χ0) is 11.3. The normalized spacial score (nSPS) is 12.5. The van der Waals surface area contributed by atoms with Gasteiger partial charge in [0, 0.05) is 17.6 Å². The monoisotopic (exact) mass is 223 g/mol. The van der Waals surface area contributed by atoms with E-state index in [2.05, 4.69) is 24.9 Å². The highest BCUT2D eigenvalue weighted by molar-refractivity contribution is 6.30. The highest BCUT2D eigenvalue weighted by Crippen LogP contribution is 2.20. The summed E-state index contributed by atoms with van der Waals surface area (Å²) in [6.45, 7) is 8.93. The second-order valence-corrected chi connectivity index (χ2v) is 4.29. The fourth-order valence-corrected chi connectivity index (χ4v) is 1.72. The Morgan fingerprint density at radius 1 is 1.53 bits per heavy atom. The molecule has 1 aromatic rings. The van der Waals surface area contributed by atoms with Crippen LogP contribution in [0.1, 0.15) is 31.9 Å². The van der Waals surface area contributed by atoms with Crippen molar-refractivity contribution in [3.63, 3.8) is 0 Å². The van der Waals surface area contributed by atoms with Crippen LogP contribution in [-0.4, -0.2) is 6.54 Å². The molecule has 0 fully saturated rings. The molecule has 0 radical (unpaired) electrons. The molecule has 1 aromatic carbocycles. The standard InChI is InChI=1S/C13H18ClN/c1-4-13(15-9-10(2)3)11-6-5-7-12(14)8-11/h5-8,13,15H,2,4,9H2,1,3H3/t13-/m1/s1. The second-order valence-electron chi connectivity index (χ2n) is 3.85. The summed E-state index contributed by atoms with van der Waals surface area (Å²) in [5.41, 5.74) is 2.39. The molecule has 0 unspecified atom stereocenters. The van der Waals surface area contributed by atoms with Gasteiger partial charge >= 0.3 is 0 Å². The van der Waals surface area contributed by atoms with E-state index in [4.69, 9.17) is 11.6 Å². The molecule has 0 heterocycles. The topological polar surface area (TPSA) is 12.0 Å². The van der Waals surface area contributed by atoms with Crippen molar-refractivity contribution in [1.29, 1.82) is 0 Å². The molecule has 15 heavy (non-hydrogen) atoms. The van der Waals surface area contributed by atoms with Crippen molar-refractivity contribution in [2.45, 2.75) is 26.3 Å². The molecule has 0 aliphatic carbocycles. The first-order valence-corrected chi connectivity index (χ1v) is 5.64. The molecule has 1 nitrogen and oxygen atoms in total. The SMILES string of the molecule is C=C(C)CN[C@H](CC)c1cccc(Cl)c1. The third-order valence-corrected chi connectivity index (χ3v) is 2.54. The van der Waals surface area contributed by atoms with Gasteiger partial charge in [-0.3, -0.25) is 0 Å². The molecule has 1 N–H and O–H groups in total. The Kier molecular flexibility index (Phi) is 4.86. The van der Waals surface area contributed by atoms with Crippen molar-refractivity contribution in [2.24, 2.45) is 0 Å². The van der Waals surface area contributed by atoms with Gasteiger partial charge < -0.3 is 5.32 Å². The molecule has 0 aliphatic rings. The molecule has 0 bridgehead atoms. The zero-order valence-electron chi connectivity index (χ0n) is 9.39. The molecular weight excluding hydrogens is 206 g/mol. The second kappa shape index (κ2) is 5.94. The maximum absolute atomic E-state index is 5.96. The van der Waals surface area contributed by atoms with Gasteiger partial charge in [-0.1, -0.05) is 42.8 Å². The van der Waals surface area contributed by atoms with Crippen LogP contribution >= 0.6 is 11.6 Å². The predicted molar refractivity (Wildman–Crippen MR) is 67.3 cm³/mol. The summed E-state index contributed by atoms with van der Waals surface area (Å²) < 4.78 is 0. The average Bonchev–Trinajstić information content (AvgIpc) is 2.18. The van der Waals surface area contributed by atoms with E-state index in [1.165, 1.54) is 5.56 Å². The van der Waals surface area contributed by atoms with E-state index < -0.39 is 0 Å². The number of halogens is 1. The van der Waals surface area contributed by atoms with Gasteiger partial charge in [-0.2, -0.15) is 0 Å². The van der Waals surface area contributed by atoms with E-state index in [0.29, 0.717) is 6.04 Å². The van der Waals surface area contributed by atoms with Crippen molar-refractivity contribution in [3.8, 4) is 0 Å². The third-order valence-electron chi connectivity index (χ3n) is 2.31. The number of benzene rings is 1. The minimum atomic E-state index is 0.361. The summed E-state index contributed by atoms with van der Waals surface area (Å²) >= 11 is 5.96. The van der Waals surface area contributed by atoms with Crippen LogP contribution in [0.4, 0.5) is 0 Å². The van der Waals surface area contributed by atoms with Gasteiger partial charge in [0.25, 0.3) is 0 Å². The number of hydrogen-bond acceptors (Lipinski definition) is 1. The van der Waals surface area contributed by atoms with E-state index in [-0.39, 0.29) is 0 Å². The van der Waals surface area contributed by atoms with Crippen LogP contribution in [-0.2, 0) is 0 Å². The lowest BCUT2D eigenvalue weighted by atomic mass is 10.0. The first kappa shape index (κ1) is 12.3. The Morgan fingerprint density at radius 2 is 2.27 bits per heavy atom. The van der Waals surface area contributed by atoms with E-state index in [1.807, 2.05) is 25.1 Å². The van der Waals surface area contributed by atoms with Crippen LogP contribution in [0.15, 0.2) is 36.4 Å². The summed E-state index contributed by atoms with van der Waals surface area (Å²) in [5.74, 6) is 0. The van der Waals surface area contributed by atoms with Gasteiger partial charge in [0.1, 0.15) is 0 Å². The molecule has 0 aliphatic heterocycles. The van der Waals surface area contributed by atoms with E-state index >= 15 is 0 Å². The minimum Gasteiger partial charge on any atom is -0.306 e. The minimum absolute atomic E-state index is 0.361. The van der Waals surface area contributed by atoms with Gasteiger partial charge in [0.15, 0.2) is 0 Å². The van der Waals surface area contributed by atoms with Crippen LogP contribution < -0.4 is 5.32 Å². The fraction of sp³-hybridized carbons (Fsp3) is 0.385. The van der Waals surface area contributed by atoms with Crippen molar-refractivity contribution in [1.82, 2.24) is 5.32 Å². The molecule has 0 aromatic heterocycles. The molecule has 0 saturated carbocycles. The zero-order valence-corrected chi connectivity index (χ0v) is 10.1. The largest absolute Gasteiger partial charge is 0.306 e. The van der Waals surface area contributed by atoms with Gasteiger partial charge in [0.05, 0.1) is 0 Å². The Bertz CT molecular complexity index is 333. The number of nitrogens with one attached hydrogen (secondary N) is 1. The van der Waals surface area contributed by atoms with Gasteiger partial charge in [0.2, 0.25) is 0 Å². The van der Waals surface area contributed by atoms with E-state index in [1.54, 1.807) is 0 Å². The molecule has 1 atom stereocenters. The van der Waals surface area contributed by atoms with Gasteiger partial charge in [-0.25, -0.2) is 0 Å². The van der Waals surface area contributed by atoms with Crippen LogP contribution in [0, 0.1) is 0 Å². The van der Waals surface area contributed by atoms with Gasteiger partial charge in [-0.15, -0.1) is 0 Å². The molecule has 0 spiro atoms. The highest BCUT2D eigenvalue weighted by atomic mass is 35.5. The summed E-state index contributed by atoms with van der Waals surface area (Å²) in [7, 11) is 0. The smallest absolute Gasteiger partial charge is 0.0409 e. The molecule has 0 amide bonds. The molecule has 82 valence electrons. The van der Waals surface area contributed by atoms with E-state index in [9.17, 15) is 0 Å².